The molecular formula is C16H20O3. The Bertz CT molecular complexity index is 495. The smallest absolute Gasteiger partial charge is 0.143 e. The van der Waals surface area contributed by atoms with E-state index in [0.29, 0.717) is 18.3 Å². The van der Waals surface area contributed by atoms with Gasteiger partial charge in [-0.15, -0.1) is 0 Å². The Morgan fingerprint density at radius 3 is 2.89 bits per heavy atom. The van der Waals surface area contributed by atoms with Crippen LogP contribution in [-0.2, 0) is 16.0 Å². The molecule has 0 saturated carbocycles. The number of carbonyl (C=O) groups excluding carboxylic acids is 1. The highest BCUT2D eigenvalue weighted by atomic mass is 16.5. The zero-order valence-corrected chi connectivity index (χ0v) is 11.5. The monoisotopic (exact) mass is 260 g/mol. The molecule has 3 unspecified atom stereocenters. The van der Waals surface area contributed by atoms with E-state index in [1.807, 2.05) is 25.1 Å². The molecule has 0 aliphatic carbocycles. The molecule has 0 N–H and O–H groups in total. The fourth-order valence-electron chi connectivity index (χ4n) is 3.34. The van der Waals surface area contributed by atoms with Gasteiger partial charge in [0.2, 0.25) is 0 Å². The third-order valence-electron chi connectivity index (χ3n) is 4.32. The van der Waals surface area contributed by atoms with E-state index in [0.717, 1.165) is 36.1 Å². The number of hydrogen-bond donors (Lipinski definition) is 0. The molecule has 3 rings (SSSR count). The third kappa shape index (κ3) is 2.39. The van der Waals surface area contributed by atoms with Crippen molar-refractivity contribution in [1.82, 2.24) is 0 Å². The summed E-state index contributed by atoms with van der Waals surface area (Å²) in [7, 11) is 1.65. The predicted molar refractivity (Wildman–Crippen MR) is 72.4 cm³/mol. The summed E-state index contributed by atoms with van der Waals surface area (Å²) < 4.78 is 11.1. The molecule has 2 fully saturated rings. The Kier molecular flexibility index (Phi) is 3.31. The van der Waals surface area contributed by atoms with Crippen LogP contribution in [0.5, 0.6) is 5.75 Å². The number of ether oxygens (including phenoxy) is 2. The summed E-state index contributed by atoms with van der Waals surface area (Å²) in [6.45, 7) is 2.04. The normalized spacial score (nSPS) is 28.6. The maximum absolute atomic E-state index is 12.4. The van der Waals surface area contributed by atoms with E-state index in [1.54, 1.807) is 7.11 Å². The van der Waals surface area contributed by atoms with Crippen molar-refractivity contribution in [3.8, 4) is 5.75 Å². The van der Waals surface area contributed by atoms with E-state index in [9.17, 15) is 4.79 Å². The van der Waals surface area contributed by atoms with Crippen LogP contribution in [-0.4, -0.2) is 25.1 Å². The van der Waals surface area contributed by atoms with E-state index in [-0.39, 0.29) is 12.0 Å². The number of rotatable bonds is 4. The van der Waals surface area contributed by atoms with Gasteiger partial charge in [-0.2, -0.15) is 0 Å². The summed E-state index contributed by atoms with van der Waals surface area (Å²) in [5.74, 6) is 1.21. The van der Waals surface area contributed by atoms with Crippen molar-refractivity contribution in [3.63, 3.8) is 0 Å². The van der Waals surface area contributed by atoms with E-state index in [2.05, 4.69) is 0 Å². The summed E-state index contributed by atoms with van der Waals surface area (Å²) in [6, 6.07) is 5.99. The van der Waals surface area contributed by atoms with Gasteiger partial charge in [0, 0.05) is 17.9 Å². The molecule has 1 aromatic rings. The summed E-state index contributed by atoms with van der Waals surface area (Å²) >= 11 is 0. The van der Waals surface area contributed by atoms with Gasteiger partial charge in [0.1, 0.15) is 11.5 Å². The van der Waals surface area contributed by atoms with Crippen LogP contribution in [0.1, 0.15) is 30.4 Å². The Hall–Kier alpha value is -1.35. The Morgan fingerprint density at radius 1 is 1.42 bits per heavy atom. The molecule has 0 amide bonds. The highest BCUT2D eigenvalue weighted by Gasteiger charge is 2.44. The van der Waals surface area contributed by atoms with Crippen LogP contribution in [0.15, 0.2) is 18.2 Å². The molecule has 3 heteroatoms. The van der Waals surface area contributed by atoms with Gasteiger partial charge in [0.15, 0.2) is 0 Å². The second-order valence-corrected chi connectivity index (χ2v) is 5.67. The van der Waals surface area contributed by atoms with Crippen molar-refractivity contribution in [2.45, 2.75) is 44.8 Å². The largest absolute Gasteiger partial charge is 0.496 e. The number of Topliss-reactive ketones (excluding diaryl/α,β-unsaturated/α-hetero) is 1. The fraction of sp³-hybridized carbons (Fsp3) is 0.562. The lowest BCUT2D eigenvalue weighted by atomic mass is 9.84. The summed E-state index contributed by atoms with van der Waals surface area (Å²) in [6.07, 6.45) is 4.06. The molecule has 0 aromatic heterocycles. The molecule has 19 heavy (non-hydrogen) atoms. The number of aryl methyl sites for hydroxylation is 1. The zero-order valence-electron chi connectivity index (χ0n) is 11.5. The topological polar surface area (TPSA) is 35.5 Å². The first-order valence-corrected chi connectivity index (χ1v) is 6.99. The first-order valence-electron chi connectivity index (χ1n) is 6.99. The van der Waals surface area contributed by atoms with Crippen LogP contribution in [0.2, 0.25) is 0 Å². The first kappa shape index (κ1) is 12.7. The van der Waals surface area contributed by atoms with Gasteiger partial charge < -0.3 is 9.47 Å². The van der Waals surface area contributed by atoms with Gasteiger partial charge >= 0.3 is 0 Å². The number of fused-ring (bicyclic) bond motifs is 2. The number of hydrogen-bond acceptors (Lipinski definition) is 3. The van der Waals surface area contributed by atoms with Crippen LogP contribution in [0.3, 0.4) is 0 Å². The molecule has 0 radical (unpaired) electrons. The summed E-state index contributed by atoms with van der Waals surface area (Å²) in [5, 5.41) is 0. The molecular weight excluding hydrogens is 240 g/mol. The Morgan fingerprint density at radius 2 is 2.26 bits per heavy atom. The molecule has 0 spiro atoms. The van der Waals surface area contributed by atoms with Crippen molar-refractivity contribution in [2.75, 3.05) is 7.11 Å². The van der Waals surface area contributed by atoms with Crippen LogP contribution in [0.25, 0.3) is 0 Å². The van der Waals surface area contributed by atoms with E-state index in [1.165, 1.54) is 0 Å². The first-order chi connectivity index (χ1) is 9.17. The number of ketones is 1. The third-order valence-corrected chi connectivity index (χ3v) is 4.32. The van der Waals surface area contributed by atoms with Gasteiger partial charge in [-0.05, 0) is 32.3 Å². The number of benzene rings is 1. The maximum atomic E-state index is 12.4. The number of carbonyl (C=O) groups is 1. The van der Waals surface area contributed by atoms with Gasteiger partial charge in [0.25, 0.3) is 0 Å². The summed E-state index contributed by atoms with van der Waals surface area (Å²) in [5.41, 5.74) is 2.16. The minimum atomic E-state index is 0.101. The van der Waals surface area contributed by atoms with Crippen LogP contribution in [0.4, 0.5) is 0 Å². The van der Waals surface area contributed by atoms with Crippen LogP contribution < -0.4 is 4.74 Å². The van der Waals surface area contributed by atoms with E-state index >= 15 is 0 Å². The SMILES string of the molecule is COc1ccc(C)cc1CC(=O)C1CC2CCC1O2. The van der Waals surface area contributed by atoms with Crippen molar-refractivity contribution in [2.24, 2.45) is 5.92 Å². The maximum Gasteiger partial charge on any atom is 0.143 e. The van der Waals surface area contributed by atoms with Gasteiger partial charge in [-0.25, -0.2) is 0 Å². The van der Waals surface area contributed by atoms with Crippen molar-refractivity contribution in [1.29, 1.82) is 0 Å². The molecule has 2 bridgehead atoms. The van der Waals surface area contributed by atoms with Crippen molar-refractivity contribution >= 4 is 5.78 Å². The second-order valence-electron chi connectivity index (χ2n) is 5.67. The average molecular weight is 260 g/mol. The molecule has 3 nitrogen and oxygen atoms in total. The lowest BCUT2D eigenvalue weighted by molar-refractivity contribution is -0.123. The Labute approximate surface area is 113 Å². The van der Waals surface area contributed by atoms with Gasteiger partial charge in [-0.3, -0.25) is 4.79 Å². The molecule has 2 saturated heterocycles. The lowest BCUT2D eigenvalue weighted by Gasteiger charge is -2.18. The molecule has 102 valence electrons. The van der Waals surface area contributed by atoms with Gasteiger partial charge in [-0.1, -0.05) is 17.7 Å². The highest BCUT2D eigenvalue weighted by Crippen LogP contribution is 2.39. The van der Waals surface area contributed by atoms with Crippen LogP contribution >= 0.6 is 0 Å². The van der Waals surface area contributed by atoms with Crippen molar-refractivity contribution < 1.29 is 14.3 Å². The molecule has 3 atom stereocenters. The number of methoxy groups -OCH3 is 1. The molecule has 2 aliphatic heterocycles. The van der Waals surface area contributed by atoms with Gasteiger partial charge in [0.05, 0.1) is 19.3 Å². The minimum absolute atomic E-state index is 0.101. The van der Waals surface area contributed by atoms with E-state index < -0.39 is 0 Å². The molecule has 2 aliphatic rings. The van der Waals surface area contributed by atoms with Crippen LogP contribution in [0, 0.1) is 12.8 Å². The standard InChI is InChI=1S/C16H20O3/c1-10-3-5-15(18-2)11(7-10)8-14(17)13-9-12-4-6-16(13)19-12/h3,5,7,12-13,16H,4,6,8-9H2,1-2H3. The second kappa shape index (κ2) is 4.97. The highest BCUT2D eigenvalue weighted by molar-refractivity contribution is 5.85. The van der Waals surface area contributed by atoms with Crippen molar-refractivity contribution in [3.05, 3.63) is 29.3 Å². The quantitative estimate of drug-likeness (QED) is 0.835. The molecule has 2 heterocycles. The molecule has 1 aromatic carbocycles. The summed E-state index contributed by atoms with van der Waals surface area (Å²) in [4.78, 5) is 12.4. The minimum Gasteiger partial charge on any atom is -0.496 e. The Balaban J connectivity index is 1.74. The van der Waals surface area contributed by atoms with E-state index in [4.69, 9.17) is 9.47 Å². The predicted octanol–water partition coefficient (Wildman–Crippen LogP) is 2.68. The lowest BCUT2D eigenvalue weighted by Crippen LogP contribution is -2.26. The zero-order chi connectivity index (χ0) is 13.4. The fourth-order valence-corrected chi connectivity index (χ4v) is 3.34. The average Bonchev–Trinajstić information content (AvgIpc) is 3.01.